The Bertz CT molecular complexity index is 1120. The molecule has 2 nitrogen and oxygen atoms in total. The van der Waals surface area contributed by atoms with Gasteiger partial charge in [0.05, 0.1) is 5.69 Å². The molecule has 1 aromatic rings. The lowest BCUT2D eigenvalue weighted by atomic mass is 9.83. The highest BCUT2D eigenvalue weighted by Gasteiger charge is 2.35. The molecule has 1 heterocycles. The molecule has 0 spiro atoms. The van der Waals surface area contributed by atoms with E-state index in [9.17, 15) is 0 Å². The van der Waals surface area contributed by atoms with Crippen LogP contribution in [0.2, 0.25) is 0 Å². The van der Waals surface area contributed by atoms with Crippen molar-refractivity contribution in [2.24, 2.45) is 5.73 Å². The van der Waals surface area contributed by atoms with Crippen molar-refractivity contribution in [3.8, 4) is 0 Å². The minimum absolute atomic E-state index is 0.216. The van der Waals surface area contributed by atoms with Crippen LogP contribution in [0.4, 0.5) is 5.69 Å². The summed E-state index contributed by atoms with van der Waals surface area (Å²) in [5.41, 5.74) is 17.8. The van der Waals surface area contributed by atoms with E-state index in [-0.39, 0.29) is 6.04 Å². The molecule has 0 saturated carbocycles. The Hall–Kier alpha value is -3.20. The van der Waals surface area contributed by atoms with Crippen LogP contribution in [0.1, 0.15) is 55.5 Å². The molecule has 0 fully saturated rings. The van der Waals surface area contributed by atoms with E-state index in [4.69, 9.17) is 13.6 Å². The molecule has 0 unspecified atom stereocenters. The topological polar surface area (TPSA) is 29.3 Å². The number of fused-ring (bicyclic) bond motifs is 1. The lowest BCUT2D eigenvalue weighted by Gasteiger charge is -2.32. The first-order valence-corrected chi connectivity index (χ1v) is 11.5. The highest BCUT2D eigenvalue weighted by molar-refractivity contribution is 6.24. The molecule has 2 radical (unpaired) electrons. The van der Waals surface area contributed by atoms with Gasteiger partial charge in [0.1, 0.15) is 7.85 Å². The summed E-state index contributed by atoms with van der Waals surface area (Å²) in [5, 5.41) is 0. The second-order valence-electron chi connectivity index (χ2n) is 8.36. The Labute approximate surface area is 202 Å². The van der Waals surface area contributed by atoms with Crippen molar-refractivity contribution < 1.29 is 0 Å². The van der Waals surface area contributed by atoms with Crippen LogP contribution in [0.25, 0.3) is 11.1 Å². The van der Waals surface area contributed by atoms with Gasteiger partial charge in [-0.25, -0.2) is 0 Å². The third-order valence-corrected chi connectivity index (χ3v) is 6.37. The van der Waals surface area contributed by atoms with Gasteiger partial charge in [0, 0.05) is 28.6 Å². The second kappa shape index (κ2) is 11.1. The molecule has 2 N–H and O–H groups in total. The summed E-state index contributed by atoms with van der Waals surface area (Å²) in [5.74, 6) is 0. The third kappa shape index (κ3) is 4.78. The van der Waals surface area contributed by atoms with Gasteiger partial charge in [-0.15, -0.1) is 0 Å². The van der Waals surface area contributed by atoms with E-state index in [1.54, 1.807) is 6.08 Å². The zero-order valence-electron chi connectivity index (χ0n) is 21.1. The number of allylic oxidation sites excluding steroid dienone is 11. The van der Waals surface area contributed by atoms with E-state index >= 15 is 0 Å². The molecule has 1 aliphatic heterocycles. The maximum Gasteiger partial charge on any atom is 0.116 e. The predicted molar refractivity (Wildman–Crippen MR) is 149 cm³/mol. The molecule has 170 valence electrons. The molecule has 0 aromatic heterocycles. The van der Waals surface area contributed by atoms with Gasteiger partial charge in [-0.2, -0.15) is 0 Å². The maximum atomic E-state index is 6.50. The Morgan fingerprint density at radius 3 is 2.24 bits per heavy atom. The van der Waals surface area contributed by atoms with E-state index in [0.29, 0.717) is 5.47 Å². The molecule has 0 bridgehead atoms. The van der Waals surface area contributed by atoms with Gasteiger partial charge in [-0.3, -0.25) is 0 Å². The van der Waals surface area contributed by atoms with E-state index in [1.807, 2.05) is 57.2 Å². The third-order valence-electron chi connectivity index (χ3n) is 6.37. The summed E-state index contributed by atoms with van der Waals surface area (Å²) in [7, 11) is 6.50. The van der Waals surface area contributed by atoms with Crippen molar-refractivity contribution in [2.75, 3.05) is 4.90 Å². The van der Waals surface area contributed by atoms with Crippen molar-refractivity contribution in [3.63, 3.8) is 0 Å². The second-order valence-corrected chi connectivity index (χ2v) is 8.36. The quantitative estimate of drug-likeness (QED) is 0.344. The van der Waals surface area contributed by atoms with Crippen molar-refractivity contribution in [3.05, 3.63) is 113 Å². The van der Waals surface area contributed by atoms with Gasteiger partial charge >= 0.3 is 0 Å². The Morgan fingerprint density at radius 2 is 1.73 bits per heavy atom. The van der Waals surface area contributed by atoms with Gasteiger partial charge in [0.2, 0.25) is 0 Å². The fraction of sp³-hybridized carbons (Fsp3) is 0.267. The molecule has 3 heteroatoms. The van der Waals surface area contributed by atoms with E-state index < -0.39 is 0 Å². The Morgan fingerprint density at radius 1 is 1.06 bits per heavy atom. The first kappa shape index (κ1) is 26.1. The molecule has 33 heavy (non-hydrogen) atoms. The van der Waals surface area contributed by atoms with Gasteiger partial charge in [0.25, 0.3) is 0 Å². The lowest BCUT2D eigenvalue weighted by Crippen LogP contribution is -2.29. The summed E-state index contributed by atoms with van der Waals surface area (Å²) in [4.78, 5) is 2.31. The number of nitrogens with zero attached hydrogens (tertiary/aromatic N) is 1. The number of hydrogen-bond acceptors (Lipinski definition) is 2. The fourth-order valence-corrected chi connectivity index (χ4v) is 4.68. The normalized spacial score (nSPS) is 17.5. The minimum Gasteiger partial charge on any atom is -0.399 e. The summed E-state index contributed by atoms with van der Waals surface area (Å²) >= 11 is 0. The highest BCUT2D eigenvalue weighted by atomic mass is 15.2. The van der Waals surface area contributed by atoms with Crippen LogP contribution in [0.5, 0.6) is 0 Å². The predicted octanol–water partition coefficient (Wildman–Crippen LogP) is 7.22. The van der Waals surface area contributed by atoms with Crippen LogP contribution in [-0.2, 0) is 6.42 Å². The van der Waals surface area contributed by atoms with Crippen LogP contribution in [0, 0.1) is 13.8 Å². The van der Waals surface area contributed by atoms with Crippen molar-refractivity contribution in [1.29, 1.82) is 0 Å². The Balaban J connectivity index is 3.12. The number of rotatable bonds is 8. The number of anilines is 1. The number of nitrogens with two attached hydrogens (primary N) is 1. The largest absolute Gasteiger partial charge is 0.399 e. The summed E-state index contributed by atoms with van der Waals surface area (Å²) in [6.45, 7) is 24.9. The first-order chi connectivity index (χ1) is 15.7. The van der Waals surface area contributed by atoms with Gasteiger partial charge in [0.15, 0.2) is 0 Å². The van der Waals surface area contributed by atoms with Gasteiger partial charge < -0.3 is 10.6 Å². The molecule has 0 saturated heterocycles. The average molecular weight is 436 g/mol. The monoisotopic (exact) mass is 436 g/mol. The zero-order valence-corrected chi connectivity index (χ0v) is 21.1. The maximum absolute atomic E-state index is 6.50. The van der Waals surface area contributed by atoms with Crippen LogP contribution < -0.4 is 10.6 Å². The molecular formula is C30H37BN2. The van der Waals surface area contributed by atoms with Crippen LogP contribution in [0.3, 0.4) is 0 Å². The molecular weight excluding hydrogens is 399 g/mol. The smallest absolute Gasteiger partial charge is 0.116 e. The lowest BCUT2D eigenvalue weighted by molar-refractivity contribution is 0.737. The zero-order chi connectivity index (χ0) is 24.9. The van der Waals surface area contributed by atoms with Crippen molar-refractivity contribution in [1.82, 2.24) is 0 Å². The fourth-order valence-electron chi connectivity index (χ4n) is 4.68. The van der Waals surface area contributed by atoms with Crippen molar-refractivity contribution in [2.45, 2.75) is 54.0 Å². The number of benzene rings is 1. The molecule has 1 aromatic carbocycles. The van der Waals surface area contributed by atoms with Crippen LogP contribution in [-0.4, -0.2) is 13.9 Å². The van der Waals surface area contributed by atoms with E-state index in [1.165, 1.54) is 16.7 Å². The summed E-state index contributed by atoms with van der Waals surface area (Å²) in [6, 6.07) is 0.216. The van der Waals surface area contributed by atoms with Crippen molar-refractivity contribution >= 4 is 24.7 Å². The SMILES string of the molecule is [B]C(/C=C\C)=C(/C=C)N1c2c(c(C)c(C)c(C(=C/C)/C(N)=C\C)c2C(=C)/C=C\C=C)C[C@@H]1C. The first-order valence-electron chi connectivity index (χ1n) is 11.5. The molecule has 1 aliphatic rings. The Kier molecular flexibility index (Phi) is 8.76. The van der Waals surface area contributed by atoms with Gasteiger partial charge in [-0.05, 0) is 81.9 Å². The summed E-state index contributed by atoms with van der Waals surface area (Å²) < 4.78 is 0. The molecule has 1 atom stereocenters. The highest BCUT2D eigenvalue weighted by Crippen LogP contribution is 2.48. The molecule has 0 amide bonds. The van der Waals surface area contributed by atoms with E-state index in [2.05, 4.69) is 51.5 Å². The minimum atomic E-state index is 0.216. The molecule has 2 rings (SSSR count). The average Bonchev–Trinajstić information content (AvgIpc) is 3.13. The van der Waals surface area contributed by atoms with Crippen LogP contribution in [0.15, 0.2) is 85.2 Å². The standard InChI is InChI=1S/C30H37BN2/c1-10-15-17-19(6)28-29(23(12-3)26(32)13-4)22(9)21(8)24-18-20(7)33(30(24)28)27(14-5)25(31)16-11-2/h10-17,20H,1,5-6,18,32H2,2-4,7-9H3/b16-11-,17-15-,23-12+,26-13+,27-25-/t20-/m0/s1. The van der Waals surface area contributed by atoms with Crippen LogP contribution >= 0.6 is 0 Å². The molecule has 0 aliphatic carbocycles. The number of hydrogen-bond donors (Lipinski definition) is 1. The summed E-state index contributed by atoms with van der Waals surface area (Å²) in [6.07, 6.45) is 16.4. The van der Waals surface area contributed by atoms with E-state index in [0.717, 1.165) is 45.8 Å². The van der Waals surface area contributed by atoms with Gasteiger partial charge in [-0.1, -0.05) is 67.7 Å².